The summed E-state index contributed by atoms with van der Waals surface area (Å²) < 4.78 is 5.60. The minimum Gasteiger partial charge on any atom is -0.503 e. The predicted molar refractivity (Wildman–Crippen MR) is 161 cm³/mol. The highest BCUT2D eigenvalue weighted by molar-refractivity contribution is 9.10. The van der Waals surface area contributed by atoms with Crippen LogP contribution in [0.5, 0.6) is 11.5 Å². The average Bonchev–Trinajstić information content (AvgIpc) is 2.88. The van der Waals surface area contributed by atoms with Gasteiger partial charge in [0.05, 0.1) is 23.1 Å². The zero-order chi connectivity index (χ0) is 30.2. The molecular formula is C32H35BrN2O6. The van der Waals surface area contributed by atoms with Gasteiger partial charge >= 0.3 is 0 Å². The Morgan fingerprint density at radius 3 is 2.00 bits per heavy atom. The Morgan fingerprint density at radius 2 is 1.46 bits per heavy atom. The molecule has 0 saturated heterocycles. The van der Waals surface area contributed by atoms with Crippen molar-refractivity contribution < 1.29 is 29.3 Å². The molecular weight excluding hydrogens is 588 g/mol. The van der Waals surface area contributed by atoms with Crippen molar-refractivity contribution in [1.29, 1.82) is 0 Å². The normalized spacial score (nSPS) is 22.2. The molecule has 1 aliphatic carbocycles. The van der Waals surface area contributed by atoms with Crippen molar-refractivity contribution in [3.63, 3.8) is 0 Å². The monoisotopic (exact) mass is 622 g/mol. The van der Waals surface area contributed by atoms with E-state index in [1.54, 1.807) is 6.07 Å². The number of aromatic hydroxyl groups is 1. The van der Waals surface area contributed by atoms with E-state index in [2.05, 4.69) is 26.6 Å². The number of hydrogen-bond donors (Lipinski definition) is 4. The fraction of sp³-hybridized carbons (Fsp3) is 0.344. The summed E-state index contributed by atoms with van der Waals surface area (Å²) in [7, 11) is 1.38. The minimum atomic E-state index is -1.78. The third-order valence-corrected chi connectivity index (χ3v) is 8.39. The number of halogens is 1. The maximum absolute atomic E-state index is 14.1. The van der Waals surface area contributed by atoms with Crippen LogP contribution in [0.3, 0.4) is 0 Å². The number of phenolic OH excluding ortho intramolecular Hbond substituents is 1. The summed E-state index contributed by atoms with van der Waals surface area (Å²) in [4.78, 5) is 41.7. The summed E-state index contributed by atoms with van der Waals surface area (Å²) in [6.45, 7) is 8.95. The summed E-state index contributed by atoms with van der Waals surface area (Å²) in [5.41, 5.74) is 3.23. The van der Waals surface area contributed by atoms with Crippen LogP contribution >= 0.6 is 15.9 Å². The lowest BCUT2D eigenvalue weighted by Gasteiger charge is -2.44. The number of amides is 2. The maximum Gasteiger partial charge on any atom is 0.235 e. The molecule has 1 aliphatic rings. The molecule has 0 aromatic heterocycles. The lowest BCUT2D eigenvalue weighted by molar-refractivity contribution is -0.150. The summed E-state index contributed by atoms with van der Waals surface area (Å²) >= 11 is 3.33. The molecule has 8 nitrogen and oxygen atoms in total. The largest absolute Gasteiger partial charge is 0.503 e. The Hall–Kier alpha value is -3.69. The first-order valence-corrected chi connectivity index (χ1v) is 14.1. The van der Waals surface area contributed by atoms with Crippen molar-refractivity contribution in [2.45, 2.75) is 52.6 Å². The van der Waals surface area contributed by atoms with Gasteiger partial charge in [-0.25, -0.2) is 0 Å². The molecule has 0 heterocycles. The van der Waals surface area contributed by atoms with Gasteiger partial charge in [0.2, 0.25) is 11.8 Å². The smallest absolute Gasteiger partial charge is 0.235 e. The number of phenols is 1. The fourth-order valence-electron chi connectivity index (χ4n) is 5.60. The summed E-state index contributed by atoms with van der Waals surface area (Å²) in [6.07, 6.45) is -0.393. The van der Waals surface area contributed by atoms with Crippen molar-refractivity contribution in [2.24, 2.45) is 11.8 Å². The van der Waals surface area contributed by atoms with Crippen LogP contribution in [-0.2, 0) is 14.4 Å². The minimum absolute atomic E-state index is 0.0920. The Morgan fingerprint density at radius 1 is 0.927 bits per heavy atom. The SMILES string of the molecule is COc1cc(C2C(C(=O)Nc3cc(C)ccc3C)C(=O)CC(C)(O)C2C(=O)Nc2cc(C)ccc2C)cc(Br)c1O. The van der Waals surface area contributed by atoms with Crippen LogP contribution < -0.4 is 15.4 Å². The molecule has 0 radical (unpaired) electrons. The van der Waals surface area contributed by atoms with Crippen LogP contribution in [0.25, 0.3) is 0 Å². The molecule has 0 spiro atoms. The first-order chi connectivity index (χ1) is 19.2. The quantitative estimate of drug-likeness (QED) is 0.261. The van der Waals surface area contributed by atoms with E-state index >= 15 is 0 Å². The second-order valence-electron chi connectivity index (χ2n) is 11.2. The van der Waals surface area contributed by atoms with Crippen molar-refractivity contribution in [3.05, 3.63) is 80.8 Å². The standard InChI is InChI=1S/C32H35BrN2O6/c1-16-7-9-18(3)22(11-16)34-30(38)27-24(36)15-32(5,40)28(31(39)35-23-12-17(2)8-10-19(23)4)26(27)20-13-21(33)29(37)25(14-20)41-6/h7-14,26-28,37,40H,15H2,1-6H3,(H,34,38)(H,35,39). The first-order valence-electron chi connectivity index (χ1n) is 13.3. The Labute approximate surface area is 248 Å². The van der Waals surface area contributed by atoms with Crippen molar-refractivity contribution >= 4 is 44.9 Å². The highest BCUT2D eigenvalue weighted by Crippen LogP contribution is 2.49. The lowest BCUT2D eigenvalue weighted by atomic mass is 9.61. The van der Waals surface area contributed by atoms with Gasteiger partial charge in [-0.1, -0.05) is 24.3 Å². The molecule has 0 aliphatic heterocycles. The van der Waals surface area contributed by atoms with Crippen molar-refractivity contribution in [2.75, 3.05) is 17.7 Å². The zero-order valence-corrected chi connectivity index (χ0v) is 25.5. The van der Waals surface area contributed by atoms with Crippen LogP contribution in [0.2, 0.25) is 0 Å². The number of ether oxygens (including phenoxy) is 1. The molecule has 1 saturated carbocycles. The molecule has 216 valence electrons. The molecule has 4 rings (SSSR count). The van der Waals surface area contributed by atoms with E-state index < -0.39 is 47.4 Å². The summed E-state index contributed by atoms with van der Waals surface area (Å²) in [6, 6.07) is 14.3. The topological polar surface area (TPSA) is 125 Å². The number of carbonyl (C=O) groups excluding carboxylic acids is 3. The molecule has 9 heteroatoms. The molecule has 4 unspecified atom stereocenters. The van der Waals surface area contributed by atoms with E-state index in [-0.39, 0.29) is 16.0 Å². The Kier molecular flexibility index (Phi) is 8.61. The summed E-state index contributed by atoms with van der Waals surface area (Å²) in [5, 5.41) is 27.9. The van der Waals surface area contributed by atoms with Gasteiger partial charge in [-0.15, -0.1) is 0 Å². The molecule has 3 aromatic carbocycles. The van der Waals surface area contributed by atoms with Crippen LogP contribution in [0.1, 0.15) is 47.1 Å². The molecule has 4 N–H and O–H groups in total. The number of aliphatic hydroxyl groups is 1. The Bertz CT molecular complexity index is 1530. The molecule has 0 bridgehead atoms. The second-order valence-corrected chi connectivity index (χ2v) is 12.0. The number of Topliss-reactive ketones (excluding diaryl/α,β-unsaturated/α-hetero) is 1. The van der Waals surface area contributed by atoms with Gasteiger partial charge < -0.3 is 25.6 Å². The van der Waals surface area contributed by atoms with E-state index in [1.165, 1.54) is 20.1 Å². The van der Waals surface area contributed by atoms with Crippen molar-refractivity contribution in [3.8, 4) is 11.5 Å². The Balaban J connectivity index is 1.87. The summed E-state index contributed by atoms with van der Waals surface area (Å²) in [5.74, 6) is -5.31. The van der Waals surface area contributed by atoms with Gasteiger partial charge in [-0.05, 0) is 103 Å². The highest BCUT2D eigenvalue weighted by atomic mass is 79.9. The molecule has 1 fully saturated rings. The van der Waals surface area contributed by atoms with Crippen LogP contribution in [0.15, 0.2) is 53.0 Å². The third-order valence-electron chi connectivity index (χ3n) is 7.79. The third kappa shape index (κ3) is 6.16. The molecule has 3 aromatic rings. The average molecular weight is 624 g/mol. The lowest BCUT2D eigenvalue weighted by Crippen LogP contribution is -2.56. The van der Waals surface area contributed by atoms with Crippen molar-refractivity contribution in [1.82, 2.24) is 0 Å². The van der Waals surface area contributed by atoms with Gasteiger partial charge in [0, 0.05) is 23.7 Å². The van der Waals surface area contributed by atoms with E-state index in [4.69, 9.17) is 4.74 Å². The van der Waals surface area contributed by atoms with Crippen LogP contribution in [0, 0.1) is 39.5 Å². The number of nitrogens with one attached hydrogen (secondary N) is 2. The van der Waals surface area contributed by atoms with Gasteiger partial charge in [-0.2, -0.15) is 0 Å². The van der Waals surface area contributed by atoms with E-state index in [0.717, 1.165) is 22.3 Å². The number of hydrogen-bond acceptors (Lipinski definition) is 6. The molecule has 41 heavy (non-hydrogen) atoms. The van der Waals surface area contributed by atoms with Crippen LogP contribution in [0.4, 0.5) is 11.4 Å². The number of carbonyl (C=O) groups is 3. The predicted octanol–water partition coefficient (Wildman–Crippen LogP) is 5.71. The van der Waals surface area contributed by atoms with Gasteiger partial charge in [0.15, 0.2) is 11.5 Å². The van der Waals surface area contributed by atoms with Gasteiger partial charge in [-0.3, -0.25) is 14.4 Å². The van der Waals surface area contributed by atoms with Gasteiger partial charge in [0.25, 0.3) is 0 Å². The highest BCUT2D eigenvalue weighted by Gasteiger charge is 2.56. The number of aryl methyl sites for hydroxylation is 4. The van der Waals surface area contributed by atoms with E-state index in [1.807, 2.05) is 64.1 Å². The van der Waals surface area contributed by atoms with E-state index in [9.17, 15) is 24.6 Å². The van der Waals surface area contributed by atoms with Crippen LogP contribution in [-0.4, -0.2) is 40.5 Å². The van der Waals surface area contributed by atoms with E-state index in [0.29, 0.717) is 16.9 Å². The number of rotatable bonds is 6. The number of benzene rings is 3. The molecule has 4 atom stereocenters. The second kappa shape index (κ2) is 11.7. The fourth-order valence-corrected chi connectivity index (χ4v) is 6.06. The maximum atomic E-state index is 14.1. The number of ketones is 1. The number of anilines is 2. The first kappa shape index (κ1) is 30.3. The van der Waals surface area contributed by atoms with Gasteiger partial charge in [0.1, 0.15) is 11.7 Å². The number of methoxy groups -OCH3 is 1. The zero-order valence-electron chi connectivity index (χ0n) is 24.0. The molecule has 2 amide bonds.